The molecule has 1 heteroatoms. The summed E-state index contributed by atoms with van der Waals surface area (Å²) in [5, 5.41) is 4.71. The minimum Gasteiger partial charge on any atom is -0.152 e. The minimum atomic E-state index is 1.29. The van der Waals surface area contributed by atoms with Crippen molar-refractivity contribution in [2.45, 2.75) is 65.2 Å². The summed E-state index contributed by atoms with van der Waals surface area (Å²) in [7, 11) is 0. The van der Waals surface area contributed by atoms with Gasteiger partial charge in [0.2, 0.25) is 0 Å². The zero-order chi connectivity index (χ0) is 10.9. The summed E-state index contributed by atoms with van der Waals surface area (Å²) in [6, 6.07) is 0. The van der Waals surface area contributed by atoms with Crippen molar-refractivity contribution in [2.24, 2.45) is 0 Å². The maximum atomic E-state index is 2.36. The Morgan fingerprint density at radius 2 is 1.40 bits per heavy atom. The van der Waals surface area contributed by atoms with Crippen LogP contribution in [0.15, 0.2) is 10.8 Å². The van der Waals surface area contributed by atoms with E-state index in [-0.39, 0.29) is 0 Å². The molecule has 1 aromatic heterocycles. The maximum absolute atomic E-state index is 2.36. The van der Waals surface area contributed by atoms with E-state index in [2.05, 4.69) is 24.6 Å². The second-order valence-electron chi connectivity index (χ2n) is 4.34. The first kappa shape index (κ1) is 12.8. The molecule has 0 saturated carbocycles. The zero-order valence-corrected chi connectivity index (χ0v) is 11.0. The fourth-order valence-electron chi connectivity index (χ4n) is 1.90. The van der Waals surface area contributed by atoms with Crippen LogP contribution in [0, 0.1) is 0 Å². The van der Waals surface area contributed by atoms with E-state index in [1.54, 1.807) is 11.1 Å². The standard InChI is InChI=1S/C14H24S/c1-3-5-7-8-10-14-12-15-11-13(14)9-6-4-2/h11-12H,3-10H2,1-2H3. The maximum Gasteiger partial charge on any atom is -0.00584 e. The highest BCUT2D eigenvalue weighted by atomic mass is 32.1. The Morgan fingerprint density at radius 1 is 0.800 bits per heavy atom. The molecule has 0 fully saturated rings. The molecule has 0 nitrogen and oxygen atoms in total. The molecule has 0 amide bonds. The number of rotatable bonds is 8. The molecule has 0 aliphatic carbocycles. The van der Waals surface area contributed by atoms with Gasteiger partial charge in [-0.2, -0.15) is 11.3 Å². The van der Waals surface area contributed by atoms with E-state index in [9.17, 15) is 0 Å². The average Bonchev–Trinajstić information content (AvgIpc) is 2.69. The molecular formula is C14H24S. The first-order valence-corrected chi connectivity index (χ1v) is 7.36. The third-order valence-corrected chi connectivity index (χ3v) is 3.77. The van der Waals surface area contributed by atoms with Gasteiger partial charge in [0.1, 0.15) is 0 Å². The molecule has 0 aliphatic rings. The Bertz CT molecular complexity index is 250. The number of unbranched alkanes of at least 4 members (excludes halogenated alkanes) is 4. The third kappa shape index (κ3) is 4.83. The molecule has 0 atom stereocenters. The topological polar surface area (TPSA) is 0 Å². The van der Waals surface area contributed by atoms with Crippen molar-refractivity contribution in [3.63, 3.8) is 0 Å². The van der Waals surface area contributed by atoms with Gasteiger partial charge < -0.3 is 0 Å². The Hall–Kier alpha value is -0.300. The van der Waals surface area contributed by atoms with E-state index in [0.29, 0.717) is 0 Å². The SMILES string of the molecule is CCCCCCc1cscc1CCCC. The van der Waals surface area contributed by atoms with Crippen molar-refractivity contribution in [1.29, 1.82) is 0 Å². The number of hydrogen-bond acceptors (Lipinski definition) is 1. The Labute approximate surface area is 98.7 Å². The molecule has 1 rings (SSSR count). The highest BCUT2D eigenvalue weighted by Crippen LogP contribution is 2.20. The van der Waals surface area contributed by atoms with Crippen LogP contribution in [0.1, 0.15) is 63.5 Å². The van der Waals surface area contributed by atoms with Crippen LogP contribution in [0.4, 0.5) is 0 Å². The lowest BCUT2D eigenvalue weighted by Gasteiger charge is -2.03. The van der Waals surface area contributed by atoms with Crippen molar-refractivity contribution in [1.82, 2.24) is 0 Å². The van der Waals surface area contributed by atoms with Crippen LogP contribution in [-0.2, 0) is 12.8 Å². The quantitative estimate of drug-likeness (QED) is 0.531. The van der Waals surface area contributed by atoms with Crippen LogP contribution in [0.5, 0.6) is 0 Å². The second-order valence-corrected chi connectivity index (χ2v) is 5.08. The largest absolute Gasteiger partial charge is 0.152 e. The second kappa shape index (κ2) is 7.92. The van der Waals surface area contributed by atoms with Crippen molar-refractivity contribution in [3.8, 4) is 0 Å². The van der Waals surface area contributed by atoms with E-state index in [1.807, 2.05) is 11.3 Å². The lowest BCUT2D eigenvalue weighted by Crippen LogP contribution is -1.90. The molecular weight excluding hydrogens is 200 g/mol. The van der Waals surface area contributed by atoms with Gasteiger partial charge in [-0.3, -0.25) is 0 Å². The van der Waals surface area contributed by atoms with Crippen LogP contribution >= 0.6 is 11.3 Å². The molecule has 1 heterocycles. The van der Waals surface area contributed by atoms with Crippen molar-refractivity contribution in [2.75, 3.05) is 0 Å². The molecule has 0 saturated heterocycles. The minimum absolute atomic E-state index is 1.29. The van der Waals surface area contributed by atoms with E-state index in [4.69, 9.17) is 0 Å². The summed E-state index contributed by atoms with van der Waals surface area (Å²) < 4.78 is 0. The van der Waals surface area contributed by atoms with E-state index >= 15 is 0 Å². The molecule has 0 aliphatic heterocycles. The zero-order valence-electron chi connectivity index (χ0n) is 10.2. The first-order valence-electron chi connectivity index (χ1n) is 6.42. The predicted octanol–water partition coefficient (Wildman–Crippen LogP) is 5.21. The molecule has 0 bridgehead atoms. The fourth-order valence-corrected chi connectivity index (χ4v) is 2.83. The summed E-state index contributed by atoms with van der Waals surface area (Å²) in [4.78, 5) is 0. The van der Waals surface area contributed by atoms with Gasteiger partial charge in [0.05, 0.1) is 0 Å². The molecule has 0 radical (unpaired) electrons. The lowest BCUT2D eigenvalue weighted by atomic mass is 10.0. The average molecular weight is 224 g/mol. The summed E-state index contributed by atoms with van der Waals surface area (Å²) in [6.45, 7) is 4.55. The smallest absolute Gasteiger partial charge is 0.00584 e. The summed E-state index contributed by atoms with van der Waals surface area (Å²) in [6.07, 6.45) is 10.8. The Balaban J connectivity index is 2.29. The molecule has 86 valence electrons. The number of aryl methyl sites for hydroxylation is 2. The van der Waals surface area contributed by atoms with Crippen molar-refractivity contribution in [3.05, 3.63) is 21.9 Å². The van der Waals surface area contributed by atoms with Crippen molar-refractivity contribution >= 4 is 11.3 Å². The summed E-state index contributed by atoms with van der Waals surface area (Å²) in [5.74, 6) is 0. The summed E-state index contributed by atoms with van der Waals surface area (Å²) >= 11 is 1.88. The van der Waals surface area contributed by atoms with Crippen molar-refractivity contribution < 1.29 is 0 Å². The highest BCUT2D eigenvalue weighted by Gasteiger charge is 2.02. The lowest BCUT2D eigenvalue weighted by molar-refractivity contribution is 0.663. The van der Waals surface area contributed by atoms with Gasteiger partial charge in [-0.15, -0.1) is 0 Å². The Morgan fingerprint density at radius 3 is 2.00 bits per heavy atom. The molecule has 0 aromatic carbocycles. The molecule has 1 aromatic rings. The van der Waals surface area contributed by atoms with Gasteiger partial charge in [0.15, 0.2) is 0 Å². The normalized spacial score (nSPS) is 10.8. The van der Waals surface area contributed by atoms with Crippen LogP contribution < -0.4 is 0 Å². The van der Waals surface area contributed by atoms with Gasteiger partial charge in [-0.05, 0) is 47.6 Å². The van der Waals surface area contributed by atoms with E-state index in [0.717, 1.165) is 0 Å². The molecule has 0 spiro atoms. The van der Waals surface area contributed by atoms with Crippen LogP contribution in [0.2, 0.25) is 0 Å². The van der Waals surface area contributed by atoms with E-state index in [1.165, 1.54) is 51.4 Å². The fraction of sp³-hybridized carbons (Fsp3) is 0.714. The van der Waals surface area contributed by atoms with Crippen LogP contribution in [0.25, 0.3) is 0 Å². The van der Waals surface area contributed by atoms with E-state index < -0.39 is 0 Å². The number of hydrogen-bond donors (Lipinski definition) is 0. The molecule has 0 unspecified atom stereocenters. The monoisotopic (exact) mass is 224 g/mol. The third-order valence-electron chi connectivity index (χ3n) is 2.93. The van der Waals surface area contributed by atoms with Gasteiger partial charge >= 0.3 is 0 Å². The highest BCUT2D eigenvalue weighted by molar-refractivity contribution is 7.08. The Kier molecular flexibility index (Phi) is 6.74. The molecule has 0 N–H and O–H groups in total. The van der Waals surface area contributed by atoms with Gasteiger partial charge in [0.25, 0.3) is 0 Å². The number of thiophene rings is 1. The first-order chi connectivity index (χ1) is 7.38. The summed E-state index contributed by atoms with van der Waals surface area (Å²) in [5.41, 5.74) is 3.25. The van der Waals surface area contributed by atoms with Gasteiger partial charge in [-0.25, -0.2) is 0 Å². The van der Waals surface area contributed by atoms with Crippen LogP contribution in [0.3, 0.4) is 0 Å². The van der Waals surface area contributed by atoms with Gasteiger partial charge in [-0.1, -0.05) is 39.5 Å². The van der Waals surface area contributed by atoms with Gasteiger partial charge in [0, 0.05) is 0 Å². The molecule has 15 heavy (non-hydrogen) atoms. The van der Waals surface area contributed by atoms with Crippen LogP contribution in [-0.4, -0.2) is 0 Å². The predicted molar refractivity (Wildman–Crippen MR) is 70.8 cm³/mol.